The van der Waals surface area contributed by atoms with Crippen molar-refractivity contribution in [2.45, 2.75) is 12.8 Å². The summed E-state index contributed by atoms with van der Waals surface area (Å²) in [6, 6.07) is 6.55. The van der Waals surface area contributed by atoms with E-state index < -0.39 is 41.5 Å². The number of aliphatic carboxylic acids is 1. The van der Waals surface area contributed by atoms with Gasteiger partial charge in [-0.25, -0.2) is 0 Å². The van der Waals surface area contributed by atoms with E-state index in [9.17, 15) is 19.5 Å². The molecular weight excluding hydrogens is 288 g/mol. The Kier molecular flexibility index (Phi) is 3.95. The van der Waals surface area contributed by atoms with Gasteiger partial charge in [-0.2, -0.15) is 5.26 Å². The van der Waals surface area contributed by atoms with Gasteiger partial charge in [0.2, 0.25) is 0 Å². The lowest BCUT2D eigenvalue weighted by Crippen LogP contribution is -2.36. The van der Waals surface area contributed by atoms with Crippen molar-refractivity contribution in [2.24, 2.45) is 0 Å². The lowest BCUT2D eigenvalue weighted by molar-refractivity contribution is -0.137. The van der Waals surface area contributed by atoms with E-state index in [2.05, 4.69) is 0 Å². The number of carbonyl (C=O) groups is 3. The molecule has 2 rings (SSSR count). The number of rotatable bonds is 3. The standard InChI is InChI=1S/C15H12N2O5/c1-7-9-4-2-3-8(5-16)11(9)14(21)12(13(7)20)15(22)17-6-10(18)19/h2-4,7,21H,6H2,1H3,(H,17,22)(H,18,19). The molecule has 0 aromatic heterocycles. The van der Waals surface area contributed by atoms with Crippen LogP contribution in [0.4, 0.5) is 0 Å². The molecule has 1 amide bonds. The SMILES string of the molecule is CC1C(=O)C(C(=O)NCC(=O)O)=C(O)c2c(C#N)cccc21. The number of amides is 1. The Hall–Kier alpha value is -3.14. The summed E-state index contributed by atoms with van der Waals surface area (Å²) in [5.74, 6) is -4.19. The van der Waals surface area contributed by atoms with E-state index in [0.29, 0.717) is 5.56 Å². The Morgan fingerprint density at radius 3 is 2.68 bits per heavy atom. The summed E-state index contributed by atoms with van der Waals surface area (Å²) >= 11 is 0. The predicted octanol–water partition coefficient (Wildman–Crippen LogP) is 0.714. The molecule has 0 saturated carbocycles. The second-order valence-electron chi connectivity index (χ2n) is 4.77. The normalized spacial score (nSPS) is 16.7. The Labute approximate surface area is 125 Å². The van der Waals surface area contributed by atoms with Crippen LogP contribution in [0.5, 0.6) is 0 Å². The molecule has 1 atom stereocenters. The Balaban J connectivity index is 2.58. The molecule has 22 heavy (non-hydrogen) atoms. The Morgan fingerprint density at radius 2 is 2.09 bits per heavy atom. The quantitative estimate of drug-likeness (QED) is 0.705. The van der Waals surface area contributed by atoms with Gasteiger partial charge in [-0.1, -0.05) is 19.1 Å². The van der Waals surface area contributed by atoms with Gasteiger partial charge in [-0.3, -0.25) is 14.4 Å². The molecule has 1 aromatic rings. The van der Waals surface area contributed by atoms with E-state index in [1.807, 2.05) is 11.4 Å². The average Bonchev–Trinajstić information content (AvgIpc) is 2.50. The number of carbonyl (C=O) groups excluding carboxylic acids is 2. The van der Waals surface area contributed by atoms with Gasteiger partial charge in [0, 0.05) is 11.5 Å². The minimum Gasteiger partial charge on any atom is -0.506 e. The molecule has 0 bridgehead atoms. The summed E-state index contributed by atoms with van der Waals surface area (Å²) in [5.41, 5.74) is 0.204. The van der Waals surface area contributed by atoms with Crippen LogP contribution in [-0.4, -0.2) is 34.4 Å². The fraction of sp³-hybridized carbons (Fsp3) is 0.200. The highest BCUT2D eigenvalue weighted by atomic mass is 16.4. The fourth-order valence-electron chi connectivity index (χ4n) is 2.35. The summed E-state index contributed by atoms with van der Waals surface area (Å²) in [4.78, 5) is 34.7. The van der Waals surface area contributed by atoms with E-state index in [0.717, 1.165) is 0 Å². The minimum absolute atomic E-state index is 0.137. The molecule has 0 radical (unpaired) electrons. The summed E-state index contributed by atoms with van der Waals surface area (Å²) in [7, 11) is 0. The van der Waals surface area contributed by atoms with Crippen molar-refractivity contribution >= 4 is 23.4 Å². The van der Waals surface area contributed by atoms with Gasteiger partial charge in [-0.15, -0.1) is 0 Å². The first kappa shape index (κ1) is 15.3. The van der Waals surface area contributed by atoms with Crippen molar-refractivity contribution in [3.63, 3.8) is 0 Å². The van der Waals surface area contributed by atoms with Crippen LogP contribution in [-0.2, 0) is 14.4 Å². The topological polar surface area (TPSA) is 127 Å². The lowest BCUT2D eigenvalue weighted by atomic mass is 9.80. The van der Waals surface area contributed by atoms with Gasteiger partial charge in [0.05, 0.1) is 11.6 Å². The number of carboxylic acids is 1. The highest BCUT2D eigenvalue weighted by Gasteiger charge is 2.36. The van der Waals surface area contributed by atoms with Crippen molar-refractivity contribution in [1.82, 2.24) is 5.32 Å². The monoisotopic (exact) mass is 300 g/mol. The number of hydrogen-bond donors (Lipinski definition) is 3. The summed E-state index contributed by atoms with van der Waals surface area (Å²) < 4.78 is 0. The summed E-state index contributed by atoms with van der Waals surface area (Å²) in [6.45, 7) is 0.878. The predicted molar refractivity (Wildman–Crippen MR) is 74.8 cm³/mol. The zero-order valence-corrected chi connectivity index (χ0v) is 11.6. The second kappa shape index (κ2) is 5.69. The first-order valence-electron chi connectivity index (χ1n) is 6.39. The van der Waals surface area contributed by atoms with Crippen molar-refractivity contribution in [3.8, 4) is 6.07 Å². The third kappa shape index (κ3) is 2.42. The van der Waals surface area contributed by atoms with Crippen LogP contribution < -0.4 is 5.32 Å². The number of nitrogens with zero attached hydrogens (tertiary/aromatic N) is 1. The van der Waals surface area contributed by atoms with Crippen LogP contribution >= 0.6 is 0 Å². The number of nitrogens with one attached hydrogen (secondary N) is 1. The number of nitriles is 1. The van der Waals surface area contributed by atoms with E-state index >= 15 is 0 Å². The number of carboxylic acid groups (broad SMARTS) is 1. The van der Waals surface area contributed by atoms with Crippen LogP contribution in [0.1, 0.15) is 29.5 Å². The second-order valence-corrected chi connectivity index (χ2v) is 4.77. The maximum absolute atomic E-state index is 12.3. The molecule has 7 nitrogen and oxygen atoms in total. The minimum atomic E-state index is -1.28. The third-order valence-corrected chi connectivity index (χ3v) is 3.42. The molecule has 0 spiro atoms. The highest BCUT2D eigenvalue weighted by molar-refractivity contribution is 6.27. The fourth-order valence-corrected chi connectivity index (χ4v) is 2.35. The van der Waals surface area contributed by atoms with E-state index in [1.165, 1.54) is 6.07 Å². The van der Waals surface area contributed by atoms with E-state index in [4.69, 9.17) is 10.4 Å². The van der Waals surface area contributed by atoms with Gasteiger partial charge in [0.15, 0.2) is 5.78 Å². The molecule has 1 aliphatic rings. The molecule has 3 N–H and O–H groups in total. The van der Waals surface area contributed by atoms with Crippen LogP contribution in [0.2, 0.25) is 0 Å². The largest absolute Gasteiger partial charge is 0.506 e. The zero-order valence-electron chi connectivity index (χ0n) is 11.6. The average molecular weight is 300 g/mol. The van der Waals surface area contributed by atoms with Crippen molar-refractivity contribution in [3.05, 3.63) is 40.5 Å². The molecule has 0 saturated heterocycles. The Bertz CT molecular complexity index is 758. The summed E-state index contributed by atoms with van der Waals surface area (Å²) in [6.07, 6.45) is 0. The molecule has 0 heterocycles. The van der Waals surface area contributed by atoms with Crippen molar-refractivity contribution in [2.75, 3.05) is 6.54 Å². The van der Waals surface area contributed by atoms with Crippen LogP contribution in [0.25, 0.3) is 5.76 Å². The smallest absolute Gasteiger partial charge is 0.322 e. The molecule has 1 aliphatic carbocycles. The van der Waals surface area contributed by atoms with Gasteiger partial charge < -0.3 is 15.5 Å². The van der Waals surface area contributed by atoms with E-state index in [1.54, 1.807) is 19.1 Å². The molecule has 1 unspecified atom stereocenters. The lowest BCUT2D eigenvalue weighted by Gasteiger charge is -2.24. The Morgan fingerprint density at radius 1 is 1.41 bits per heavy atom. The van der Waals surface area contributed by atoms with Gasteiger partial charge in [0.1, 0.15) is 17.9 Å². The number of aliphatic hydroxyl groups is 1. The van der Waals surface area contributed by atoms with Crippen molar-refractivity contribution in [1.29, 1.82) is 5.26 Å². The maximum Gasteiger partial charge on any atom is 0.322 e. The van der Waals surface area contributed by atoms with Gasteiger partial charge in [-0.05, 0) is 11.6 Å². The zero-order chi connectivity index (χ0) is 16.4. The number of aliphatic hydroxyl groups excluding tert-OH is 1. The summed E-state index contributed by atoms with van der Waals surface area (Å²) in [5, 5.41) is 30.0. The molecule has 112 valence electrons. The molecule has 0 fully saturated rings. The van der Waals surface area contributed by atoms with Crippen LogP contribution in [0, 0.1) is 11.3 Å². The highest BCUT2D eigenvalue weighted by Crippen LogP contribution is 2.36. The number of ketones is 1. The van der Waals surface area contributed by atoms with Gasteiger partial charge in [0.25, 0.3) is 5.91 Å². The number of Topliss-reactive ketones (excluding diaryl/α,β-unsaturated/α-hetero) is 1. The number of hydrogen-bond acceptors (Lipinski definition) is 5. The molecule has 0 aliphatic heterocycles. The first-order valence-corrected chi connectivity index (χ1v) is 6.39. The van der Waals surface area contributed by atoms with Crippen LogP contribution in [0.3, 0.4) is 0 Å². The van der Waals surface area contributed by atoms with Crippen LogP contribution in [0.15, 0.2) is 23.8 Å². The molecule has 7 heteroatoms. The van der Waals surface area contributed by atoms with Crippen molar-refractivity contribution < 1.29 is 24.6 Å². The number of fused-ring (bicyclic) bond motifs is 1. The number of benzene rings is 1. The maximum atomic E-state index is 12.3. The van der Waals surface area contributed by atoms with E-state index in [-0.39, 0.29) is 11.1 Å². The van der Waals surface area contributed by atoms with Gasteiger partial charge >= 0.3 is 5.97 Å². The first-order chi connectivity index (χ1) is 10.4. The molecule has 1 aromatic carbocycles. The third-order valence-electron chi connectivity index (χ3n) is 3.42. The molecular formula is C15H12N2O5.